The van der Waals surface area contributed by atoms with Crippen LogP contribution in [0.5, 0.6) is 0 Å². The number of nitrogens with zero attached hydrogens (tertiary/aromatic N) is 1. The smallest absolute Gasteiger partial charge is 0.222 e. The number of carbonyl (C=O) groups is 1. The molecule has 1 amide bonds. The Morgan fingerprint density at radius 2 is 2.22 bits per heavy atom. The zero-order valence-corrected chi connectivity index (χ0v) is 14.2. The lowest BCUT2D eigenvalue weighted by Crippen LogP contribution is -2.29. The fourth-order valence-corrected chi connectivity index (χ4v) is 3.53. The molecular weight excluding hydrogens is 308 g/mol. The molecule has 3 rings (SSSR count). The van der Waals surface area contributed by atoms with E-state index in [2.05, 4.69) is 46.9 Å². The van der Waals surface area contributed by atoms with Crippen LogP contribution in [0.25, 0.3) is 10.6 Å². The highest BCUT2D eigenvalue weighted by Gasteiger charge is 2.18. The number of hydrogen-bond acceptors (Lipinski definition) is 4. The lowest BCUT2D eigenvalue weighted by molar-refractivity contribution is -0.123. The van der Waals surface area contributed by atoms with E-state index >= 15 is 0 Å². The van der Waals surface area contributed by atoms with E-state index in [1.807, 2.05) is 0 Å². The van der Waals surface area contributed by atoms with E-state index in [0.717, 1.165) is 42.1 Å². The van der Waals surface area contributed by atoms with Crippen LogP contribution >= 0.6 is 11.3 Å². The van der Waals surface area contributed by atoms with Crippen LogP contribution in [0.15, 0.2) is 29.6 Å². The number of nitrogens with one attached hydrogen (secondary N) is 1. The van der Waals surface area contributed by atoms with Gasteiger partial charge in [-0.25, -0.2) is 4.98 Å². The summed E-state index contributed by atoms with van der Waals surface area (Å²) >= 11 is 1.65. The van der Waals surface area contributed by atoms with Gasteiger partial charge in [-0.15, -0.1) is 11.3 Å². The molecule has 1 aromatic carbocycles. The molecule has 0 radical (unpaired) electrons. The summed E-state index contributed by atoms with van der Waals surface area (Å²) in [6.07, 6.45) is 3.42. The first kappa shape index (κ1) is 16.1. The van der Waals surface area contributed by atoms with Gasteiger partial charge in [0.1, 0.15) is 5.01 Å². The summed E-state index contributed by atoms with van der Waals surface area (Å²) in [4.78, 5) is 16.5. The molecule has 1 saturated heterocycles. The first-order valence-electron chi connectivity index (χ1n) is 8.10. The van der Waals surface area contributed by atoms with Crippen molar-refractivity contribution in [2.75, 3.05) is 13.2 Å². The molecule has 122 valence electrons. The third-order valence-electron chi connectivity index (χ3n) is 3.99. The summed E-state index contributed by atoms with van der Waals surface area (Å²) in [5.41, 5.74) is 3.43. The molecule has 1 atom stereocenters. The molecule has 2 aromatic rings. The number of carbonyl (C=O) groups excluding carboxylic acids is 1. The number of thiazole rings is 1. The number of aromatic nitrogens is 1. The summed E-state index contributed by atoms with van der Waals surface area (Å²) < 4.78 is 5.48. The van der Waals surface area contributed by atoms with Gasteiger partial charge in [-0.1, -0.05) is 29.8 Å². The quantitative estimate of drug-likeness (QED) is 0.884. The van der Waals surface area contributed by atoms with Gasteiger partial charge in [0.05, 0.1) is 18.2 Å². The topological polar surface area (TPSA) is 51.2 Å². The third-order valence-corrected chi connectivity index (χ3v) is 4.93. The Bertz CT molecular complexity index is 645. The van der Waals surface area contributed by atoms with E-state index in [-0.39, 0.29) is 12.0 Å². The molecule has 23 heavy (non-hydrogen) atoms. The van der Waals surface area contributed by atoms with E-state index in [0.29, 0.717) is 13.0 Å². The van der Waals surface area contributed by atoms with Gasteiger partial charge in [-0.2, -0.15) is 0 Å². The highest BCUT2D eigenvalue weighted by atomic mass is 32.1. The van der Waals surface area contributed by atoms with Gasteiger partial charge in [0, 0.05) is 30.5 Å². The lowest BCUT2D eigenvalue weighted by Gasteiger charge is -2.09. The largest absolute Gasteiger partial charge is 0.378 e. The van der Waals surface area contributed by atoms with Gasteiger partial charge >= 0.3 is 0 Å². The molecule has 0 unspecified atom stereocenters. The fourth-order valence-electron chi connectivity index (χ4n) is 2.66. The molecule has 1 N–H and O–H groups in total. The Labute approximate surface area is 140 Å². The molecule has 1 aromatic heterocycles. The number of ether oxygens (including phenoxy) is 1. The highest BCUT2D eigenvalue weighted by molar-refractivity contribution is 7.13. The Morgan fingerprint density at radius 1 is 1.39 bits per heavy atom. The molecule has 0 saturated carbocycles. The molecule has 0 bridgehead atoms. The van der Waals surface area contributed by atoms with Gasteiger partial charge in [0.2, 0.25) is 5.91 Å². The van der Waals surface area contributed by atoms with Crippen LogP contribution in [0, 0.1) is 6.92 Å². The summed E-state index contributed by atoms with van der Waals surface area (Å²) in [5.74, 6) is 0.0749. The van der Waals surface area contributed by atoms with Crippen molar-refractivity contribution in [2.45, 2.75) is 38.7 Å². The first-order valence-corrected chi connectivity index (χ1v) is 8.98. The number of rotatable bonds is 6. The maximum Gasteiger partial charge on any atom is 0.222 e. The van der Waals surface area contributed by atoms with Gasteiger partial charge < -0.3 is 10.1 Å². The molecule has 1 aliphatic heterocycles. The van der Waals surface area contributed by atoms with Gasteiger partial charge in [0.15, 0.2) is 0 Å². The van der Waals surface area contributed by atoms with Gasteiger partial charge in [-0.05, 0) is 19.8 Å². The van der Waals surface area contributed by atoms with Crippen LogP contribution < -0.4 is 5.32 Å². The lowest BCUT2D eigenvalue weighted by atomic mass is 10.1. The van der Waals surface area contributed by atoms with Crippen LogP contribution in [0.1, 0.15) is 30.5 Å². The normalized spacial score (nSPS) is 17.3. The summed E-state index contributed by atoms with van der Waals surface area (Å²) in [5, 5.41) is 6.06. The van der Waals surface area contributed by atoms with Crippen LogP contribution in [0.2, 0.25) is 0 Å². The van der Waals surface area contributed by atoms with E-state index in [1.54, 1.807) is 11.3 Å². The predicted octanol–water partition coefficient (Wildman–Crippen LogP) is 3.35. The van der Waals surface area contributed by atoms with Crippen LogP contribution in [-0.2, 0) is 16.0 Å². The second-order valence-electron chi connectivity index (χ2n) is 5.95. The summed E-state index contributed by atoms with van der Waals surface area (Å²) in [7, 11) is 0. The van der Waals surface area contributed by atoms with Crippen LogP contribution in [0.4, 0.5) is 0 Å². The Hall–Kier alpha value is -1.72. The van der Waals surface area contributed by atoms with Crippen molar-refractivity contribution in [3.05, 3.63) is 40.9 Å². The zero-order chi connectivity index (χ0) is 16.1. The minimum atomic E-state index is 0.0749. The molecule has 2 heterocycles. The molecule has 4 nitrogen and oxygen atoms in total. The van der Waals surface area contributed by atoms with Gasteiger partial charge in [0.25, 0.3) is 0 Å². The number of aryl methyl sites for hydroxylation is 1. The van der Waals surface area contributed by atoms with Crippen molar-refractivity contribution < 1.29 is 9.53 Å². The van der Waals surface area contributed by atoms with Gasteiger partial charge in [-0.3, -0.25) is 4.79 Å². The molecule has 0 aliphatic carbocycles. The summed E-state index contributed by atoms with van der Waals surface area (Å²) in [6, 6.07) is 8.39. The van der Waals surface area contributed by atoms with Crippen molar-refractivity contribution in [3.8, 4) is 10.6 Å². The van der Waals surface area contributed by atoms with Crippen molar-refractivity contribution in [1.29, 1.82) is 0 Å². The Balaban J connectivity index is 1.45. The van der Waals surface area contributed by atoms with Crippen molar-refractivity contribution in [2.24, 2.45) is 0 Å². The highest BCUT2D eigenvalue weighted by Crippen LogP contribution is 2.24. The van der Waals surface area contributed by atoms with Crippen molar-refractivity contribution in [1.82, 2.24) is 10.3 Å². The third kappa shape index (κ3) is 4.62. The molecule has 1 aliphatic rings. The van der Waals surface area contributed by atoms with E-state index in [4.69, 9.17) is 4.74 Å². The molecule has 5 heteroatoms. The second-order valence-corrected chi connectivity index (χ2v) is 6.81. The minimum absolute atomic E-state index is 0.0749. The van der Waals surface area contributed by atoms with Crippen LogP contribution in [0.3, 0.4) is 0 Å². The number of hydrogen-bond donors (Lipinski definition) is 1. The van der Waals surface area contributed by atoms with E-state index in [1.165, 1.54) is 5.56 Å². The molecule has 0 spiro atoms. The SMILES string of the molecule is Cc1ccc(-c2nc(CCNC(=O)C[C@H]3CCCO3)cs2)cc1. The average Bonchev–Trinajstić information content (AvgIpc) is 3.20. The maximum absolute atomic E-state index is 11.8. The average molecular weight is 330 g/mol. The number of amides is 1. The Kier molecular flexibility index (Phi) is 5.41. The van der Waals surface area contributed by atoms with E-state index < -0.39 is 0 Å². The van der Waals surface area contributed by atoms with Crippen molar-refractivity contribution in [3.63, 3.8) is 0 Å². The standard InChI is InChI=1S/C18H22N2O2S/c1-13-4-6-14(7-5-13)18-20-15(12-23-18)8-9-19-17(21)11-16-3-2-10-22-16/h4-7,12,16H,2-3,8-11H2,1H3,(H,19,21)/t16-/m1/s1. The van der Waals surface area contributed by atoms with Crippen molar-refractivity contribution >= 4 is 17.2 Å². The molecular formula is C18H22N2O2S. The minimum Gasteiger partial charge on any atom is -0.378 e. The monoisotopic (exact) mass is 330 g/mol. The zero-order valence-electron chi connectivity index (χ0n) is 13.4. The summed E-state index contributed by atoms with van der Waals surface area (Å²) in [6.45, 7) is 3.50. The maximum atomic E-state index is 11.8. The first-order chi connectivity index (χ1) is 11.2. The second kappa shape index (κ2) is 7.70. The van der Waals surface area contributed by atoms with Crippen LogP contribution in [-0.4, -0.2) is 30.1 Å². The number of benzene rings is 1. The van der Waals surface area contributed by atoms with E-state index in [9.17, 15) is 4.79 Å². The fraction of sp³-hybridized carbons (Fsp3) is 0.444. The Morgan fingerprint density at radius 3 is 2.96 bits per heavy atom. The molecule has 1 fully saturated rings. The predicted molar refractivity (Wildman–Crippen MR) is 92.6 cm³/mol.